The van der Waals surface area contributed by atoms with Gasteiger partial charge in [0.2, 0.25) is 0 Å². The summed E-state index contributed by atoms with van der Waals surface area (Å²) in [7, 11) is 0. The van der Waals surface area contributed by atoms with Crippen molar-refractivity contribution in [3.63, 3.8) is 0 Å². The second kappa shape index (κ2) is 8.50. The highest BCUT2D eigenvalue weighted by atomic mass is 16.2. The summed E-state index contributed by atoms with van der Waals surface area (Å²) in [5, 5.41) is 0. The van der Waals surface area contributed by atoms with E-state index in [0.717, 1.165) is 62.9 Å². The molecule has 168 valence electrons. The average Bonchev–Trinajstić information content (AvgIpc) is 3.14. The third-order valence-corrected chi connectivity index (χ3v) is 7.27. The number of hydrogen-bond acceptors (Lipinski definition) is 5. The minimum atomic E-state index is 0.000150. The summed E-state index contributed by atoms with van der Waals surface area (Å²) in [4.78, 5) is 40.8. The number of nitrogens with one attached hydrogen (secondary N) is 1. The molecule has 1 aromatic carbocycles. The predicted octanol–water partition coefficient (Wildman–Crippen LogP) is 2.68. The molecule has 32 heavy (non-hydrogen) atoms. The van der Waals surface area contributed by atoms with E-state index in [0.29, 0.717) is 11.6 Å². The minimum Gasteiger partial charge on any atom is -0.338 e. The van der Waals surface area contributed by atoms with E-state index in [4.69, 9.17) is 0 Å². The second-order valence-corrected chi connectivity index (χ2v) is 9.17. The summed E-state index contributed by atoms with van der Waals surface area (Å²) >= 11 is 0. The number of amides is 1. The molecule has 3 aromatic rings. The van der Waals surface area contributed by atoms with E-state index >= 15 is 0 Å². The van der Waals surface area contributed by atoms with Gasteiger partial charge >= 0.3 is 5.69 Å². The number of H-pyrrole nitrogens is 1. The van der Waals surface area contributed by atoms with Crippen molar-refractivity contribution in [2.24, 2.45) is 0 Å². The predicted molar refractivity (Wildman–Crippen MR) is 123 cm³/mol. The van der Waals surface area contributed by atoms with Crippen LogP contribution in [0.5, 0.6) is 0 Å². The van der Waals surface area contributed by atoms with Crippen LogP contribution in [0, 0.1) is 13.8 Å². The summed E-state index contributed by atoms with van der Waals surface area (Å²) in [5.74, 6) is 0.0204. The minimum absolute atomic E-state index is 0.000150. The van der Waals surface area contributed by atoms with Gasteiger partial charge in [-0.25, -0.2) is 14.8 Å². The molecule has 0 aliphatic carbocycles. The molecule has 0 saturated carbocycles. The topological polar surface area (TPSA) is 87.1 Å². The molecular formula is C24H30N6O2. The van der Waals surface area contributed by atoms with E-state index < -0.39 is 0 Å². The zero-order valence-corrected chi connectivity index (χ0v) is 18.8. The molecule has 0 bridgehead atoms. The van der Waals surface area contributed by atoms with E-state index in [2.05, 4.69) is 45.8 Å². The number of aromatic amines is 1. The second-order valence-electron chi connectivity index (χ2n) is 9.17. The van der Waals surface area contributed by atoms with E-state index in [1.165, 1.54) is 17.5 Å². The number of piperidine rings is 2. The van der Waals surface area contributed by atoms with Gasteiger partial charge in [-0.2, -0.15) is 0 Å². The molecule has 1 amide bonds. The quantitative estimate of drug-likeness (QED) is 0.685. The fourth-order valence-electron chi connectivity index (χ4n) is 5.28. The Morgan fingerprint density at radius 2 is 1.56 bits per heavy atom. The van der Waals surface area contributed by atoms with Gasteiger partial charge in [0, 0.05) is 50.7 Å². The molecule has 0 atom stereocenters. The standard InChI is InChI=1S/C24H30N6O2/c1-16-11-21-22(12-17(16)2)30(24(32)27-21)20-5-7-28(8-6-20)19-3-9-29(10-4-19)23(31)18-13-25-15-26-14-18/h11-15,19-20H,3-10H2,1-2H3,(H,27,32). The normalized spacial score (nSPS) is 19.0. The first-order valence-electron chi connectivity index (χ1n) is 11.5. The van der Waals surface area contributed by atoms with E-state index in [9.17, 15) is 9.59 Å². The SMILES string of the molecule is Cc1cc2[nH]c(=O)n(C3CCN(C4CCN(C(=O)c5cncnc5)CC4)CC3)c2cc1C. The highest BCUT2D eigenvalue weighted by molar-refractivity contribution is 5.93. The lowest BCUT2D eigenvalue weighted by Crippen LogP contribution is -2.49. The van der Waals surface area contributed by atoms with Gasteiger partial charge in [0.15, 0.2) is 0 Å². The van der Waals surface area contributed by atoms with Gasteiger partial charge < -0.3 is 14.8 Å². The van der Waals surface area contributed by atoms with Crippen LogP contribution >= 0.6 is 0 Å². The van der Waals surface area contributed by atoms with Crippen LogP contribution in [0.4, 0.5) is 0 Å². The van der Waals surface area contributed by atoms with E-state index in [1.54, 1.807) is 12.4 Å². The highest BCUT2D eigenvalue weighted by Crippen LogP contribution is 2.29. The highest BCUT2D eigenvalue weighted by Gasteiger charge is 2.31. The molecule has 8 nitrogen and oxygen atoms in total. The maximum absolute atomic E-state index is 12.7. The third-order valence-electron chi connectivity index (χ3n) is 7.27. The van der Waals surface area contributed by atoms with Crippen molar-refractivity contribution in [2.75, 3.05) is 26.2 Å². The van der Waals surface area contributed by atoms with Gasteiger partial charge in [-0.15, -0.1) is 0 Å². The van der Waals surface area contributed by atoms with Crippen LogP contribution in [0.25, 0.3) is 11.0 Å². The van der Waals surface area contributed by atoms with Crippen LogP contribution in [0.1, 0.15) is 53.2 Å². The van der Waals surface area contributed by atoms with Gasteiger partial charge in [-0.05, 0) is 62.8 Å². The number of carbonyl (C=O) groups is 1. The lowest BCUT2D eigenvalue weighted by molar-refractivity contribution is 0.0557. The molecule has 1 N–H and O–H groups in total. The Morgan fingerprint density at radius 1 is 0.938 bits per heavy atom. The molecule has 2 fully saturated rings. The largest absolute Gasteiger partial charge is 0.338 e. The van der Waals surface area contributed by atoms with Crippen LogP contribution in [0.15, 0.2) is 35.6 Å². The van der Waals surface area contributed by atoms with Crippen LogP contribution < -0.4 is 5.69 Å². The fraction of sp³-hybridized carbons (Fsp3) is 0.500. The molecule has 2 saturated heterocycles. The lowest BCUT2D eigenvalue weighted by atomic mass is 9.97. The summed E-state index contributed by atoms with van der Waals surface area (Å²) in [6, 6.07) is 4.94. The van der Waals surface area contributed by atoms with Crippen LogP contribution in [0.3, 0.4) is 0 Å². The zero-order chi connectivity index (χ0) is 22.2. The molecule has 5 rings (SSSR count). The molecule has 8 heteroatoms. The summed E-state index contributed by atoms with van der Waals surface area (Å²) in [6.07, 6.45) is 8.52. The van der Waals surface area contributed by atoms with Gasteiger partial charge in [0.05, 0.1) is 16.6 Å². The third kappa shape index (κ3) is 3.83. The number of benzene rings is 1. The van der Waals surface area contributed by atoms with Crippen molar-refractivity contribution >= 4 is 16.9 Å². The van der Waals surface area contributed by atoms with Crippen LogP contribution in [-0.2, 0) is 0 Å². The molecule has 0 spiro atoms. The average molecular weight is 435 g/mol. The van der Waals surface area contributed by atoms with Gasteiger partial charge in [0.1, 0.15) is 6.33 Å². The van der Waals surface area contributed by atoms with E-state index in [1.807, 2.05) is 9.47 Å². The number of aromatic nitrogens is 4. The molecule has 0 radical (unpaired) electrons. The Hall–Kier alpha value is -3.00. The Kier molecular flexibility index (Phi) is 5.55. The Morgan fingerprint density at radius 3 is 2.25 bits per heavy atom. The van der Waals surface area contributed by atoms with Crippen molar-refractivity contribution < 1.29 is 4.79 Å². The smallest absolute Gasteiger partial charge is 0.326 e. The summed E-state index contributed by atoms with van der Waals surface area (Å²) < 4.78 is 1.97. The molecule has 0 unspecified atom stereocenters. The van der Waals surface area contributed by atoms with Crippen molar-refractivity contribution in [2.45, 2.75) is 51.6 Å². The molecule has 4 heterocycles. The first-order chi connectivity index (χ1) is 15.5. The monoisotopic (exact) mass is 434 g/mol. The Bertz CT molecular complexity index is 1170. The van der Waals surface area contributed by atoms with Crippen LogP contribution in [0.2, 0.25) is 0 Å². The number of likely N-dealkylation sites (tertiary alicyclic amines) is 2. The summed E-state index contributed by atoms with van der Waals surface area (Å²) in [6.45, 7) is 7.67. The lowest BCUT2D eigenvalue weighted by Gasteiger charge is -2.42. The number of imidazole rings is 1. The van der Waals surface area contributed by atoms with Gasteiger partial charge in [-0.3, -0.25) is 9.36 Å². The molecule has 2 aromatic heterocycles. The van der Waals surface area contributed by atoms with Crippen molar-refractivity contribution in [1.82, 2.24) is 29.3 Å². The maximum Gasteiger partial charge on any atom is 0.326 e. The molecular weight excluding hydrogens is 404 g/mol. The number of carbonyl (C=O) groups excluding carboxylic acids is 1. The van der Waals surface area contributed by atoms with E-state index in [-0.39, 0.29) is 17.6 Å². The number of nitrogens with zero attached hydrogens (tertiary/aromatic N) is 5. The van der Waals surface area contributed by atoms with Crippen LogP contribution in [-0.4, -0.2) is 67.4 Å². The summed E-state index contributed by atoms with van der Waals surface area (Å²) in [5.41, 5.74) is 4.92. The van der Waals surface area contributed by atoms with Gasteiger partial charge in [0.25, 0.3) is 5.91 Å². The molecule has 2 aliphatic rings. The first kappa shape index (κ1) is 20.9. The van der Waals surface area contributed by atoms with Crippen molar-refractivity contribution in [1.29, 1.82) is 0 Å². The number of aryl methyl sites for hydroxylation is 2. The molecule has 2 aliphatic heterocycles. The Balaban J connectivity index is 1.21. The van der Waals surface area contributed by atoms with Crippen molar-refractivity contribution in [3.05, 3.63) is 58.0 Å². The number of fused-ring (bicyclic) bond motifs is 1. The fourth-order valence-corrected chi connectivity index (χ4v) is 5.28. The van der Waals surface area contributed by atoms with Crippen molar-refractivity contribution in [3.8, 4) is 0 Å². The first-order valence-corrected chi connectivity index (χ1v) is 11.5. The number of hydrogen-bond donors (Lipinski definition) is 1. The Labute approximate surface area is 187 Å². The maximum atomic E-state index is 12.7. The zero-order valence-electron chi connectivity index (χ0n) is 18.8. The number of rotatable bonds is 3. The van der Waals surface area contributed by atoms with Gasteiger partial charge in [-0.1, -0.05) is 0 Å².